The maximum atomic E-state index is 13.4. The fraction of sp³-hybridized carbons (Fsp3) is 0.308. The van der Waals surface area contributed by atoms with Crippen molar-refractivity contribution in [3.63, 3.8) is 0 Å². The molecule has 1 aliphatic heterocycles. The standard InChI is InChI=1S/C13H13BrFNO2/c14-10-2-3-12(15)9(7-10)1-4-13(18)16-6-5-11(17)8-16/h1-4,7,11,17H,5-6,8H2/t11-/m1/s1. The first-order valence-electron chi connectivity index (χ1n) is 5.66. The van der Waals surface area contributed by atoms with Gasteiger partial charge in [0.15, 0.2) is 0 Å². The molecule has 1 saturated heterocycles. The van der Waals surface area contributed by atoms with Gasteiger partial charge in [-0.1, -0.05) is 15.9 Å². The van der Waals surface area contributed by atoms with Crippen LogP contribution in [0.15, 0.2) is 28.7 Å². The molecule has 1 fully saturated rings. The lowest BCUT2D eigenvalue weighted by atomic mass is 10.2. The van der Waals surface area contributed by atoms with Crippen LogP contribution in [0, 0.1) is 5.82 Å². The molecule has 18 heavy (non-hydrogen) atoms. The number of likely N-dealkylation sites (tertiary alicyclic amines) is 1. The molecule has 0 aliphatic carbocycles. The normalized spacial score (nSPS) is 19.7. The third kappa shape index (κ3) is 3.17. The first kappa shape index (κ1) is 13.2. The van der Waals surface area contributed by atoms with Crippen LogP contribution in [0.25, 0.3) is 6.08 Å². The predicted octanol–water partition coefficient (Wildman–Crippen LogP) is 2.19. The highest BCUT2D eigenvalue weighted by atomic mass is 79.9. The number of hydrogen-bond acceptors (Lipinski definition) is 2. The molecule has 1 N–H and O–H groups in total. The Kier molecular flexibility index (Phi) is 4.14. The zero-order valence-electron chi connectivity index (χ0n) is 9.64. The van der Waals surface area contributed by atoms with Gasteiger partial charge in [0, 0.05) is 29.2 Å². The number of aliphatic hydroxyl groups excluding tert-OH is 1. The molecule has 0 bridgehead atoms. The summed E-state index contributed by atoms with van der Waals surface area (Å²) in [5.41, 5.74) is 0.359. The number of halogens is 2. The SMILES string of the molecule is O=C(C=Cc1cc(Br)ccc1F)N1CC[C@@H](O)C1. The molecule has 1 heterocycles. The van der Waals surface area contributed by atoms with E-state index in [9.17, 15) is 14.3 Å². The van der Waals surface area contributed by atoms with Crippen molar-refractivity contribution in [1.29, 1.82) is 0 Å². The smallest absolute Gasteiger partial charge is 0.246 e. The lowest BCUT2D eigenvalue weighted by Gasteiger charge is -2.12. The summed E-state index contributed by atoms with van der Waals surface area (Å²) >= 11 is 3.25. The molecule has 1 aromatic rings. The maximum absolute atomic E-state index is 13.4. The second-order valence-corrected chi connectivity index (χ2v) is 5.14. The molecule has 0 saturated carbocycles. The highest BCUT2D eigenvalue weighted by molar-refractivity contribution is 9.10. The molecule has 1 atom stereocenters. The van der Waals surface area contributed by atoms with E-state index in [0.29, 0.717) is 25.1 Å². The van der Waals surface area contributed by atoms with Gasteiger partial charge in [-0.05, 0) is 30.7 Å². The third-order valence-electron chi connectivity index (χ3n) is 2.84. The van der Waals surface area contributed by atoms with E-state index >= 15 is 0 Å². The topological polar surface area (TPSA) is 40.5 Å². The second kappa shape index (κ2) is 5.63. The number of carbonyl (C=O) groups excluding carboxylic acids is 1. The van der Waals surface area contributed by atoms with Gasteiger partial charge < -0.3 is 10.0 Å². The fourth-order valence-corrected chi connectivity index (χ4v) is 2.23. The highest BCUT2D eigenvalue weighted by Crippen LogP contribution is 2.17. The van der Waals surface area contributed by atoms with Gasteiger partial charge in [-0.15, -0.1) is 0 Å². The summed E-state index contributed by atoms with van der Waals surface area (Å²) in [5.74, 6) is -0.574. The van der Waals surface area contributed by atoms with Crippen LogP contribution in [-0.4, -0.2) is 35.1 Å². The van der Waals surface area contributed by atoms with Crippen molar-refractivity contribution in [2.45, 2.75) is 12.5 Å². The Bertz CT molecular complexity index is 490. The molecule has 0 radical (unpaired) electrons. The predicted molar refractivity (Wildman–Crippen MR) is 70.3 cm³/mol. The van der Waals surface area contributed by atoms with Gasteiger partial charge in [0.25, 0.3) is 0 Å². The monoisotopic (exact) mass is 313 g/mol. The zero-order chi connectivity index (χ0) is 13.1. The minimum atomic E-state index is -0.440. The molecule has 5 heteroatoms. The quantitative estimate of drug-likeness (QED) is 0.850. The first-order chi connectivity index (χ1) is 8.56. The molecule has 1 aliphatic rings. The molecule has 0 aromatic heterocycles. The molecule has 0 spiro atoms. The molecule has 3 nitrogen and oxygen atoms in total. The van der Waals surface area contributed by atoms with E-state index < -0.39 is 6.10 Å². The van der Waals surface area contributed by atoms with Crippen LogP contribution in [0.2, 0.25) is 0 Å². The van der Waals surface area contributed by atoms with Crippen molar-refractivity contribution in [1.82, 2.24) is 4.90 Å². The average molecular weight is 314 g/mol. The van der Waals surface area contributed by atoms with Gasteiger partial charge in [-0.25, -0.2) is 4.39 Å². The molecule has 0 unspecified atom stereocenters. The lowest BCUT2D eigenvalue weighted by Crippen LogP contribution is -2.27. The number of β-amino-alcohol motifs (C(OH)–C–C–N with tert-alkyl or cyclic N) is 1. The summed E-state index contributed by atoms with van der Waals surface area (Å²) in [6.45, 7) is 0.898. The van der Waals surface area contributed by atoms with Crippen LogP contribution in [-0.2, 0) is 4.79 Å². The number of hydrogen-bond donors (Lipinski definition) is 1. The van der Waals surface area contributed by atoms with Gasteiger partial charge in [0.05, 0.1) is 6.10 Å². The largest absolute Gasteiger partial charge is 0.391 e. The summed E-state index contributed by atoms with van der Waals surface area (Å²) in [6, 6.07) is 4.55. The van der Waals surface area contributed by atoms with Gasteiger partial charge in [0.1, 0.15) is 5.82 Å². The van der Waals surface area contributed by atoms with E-state index in [1.807, 2.05) is 0 Å². The summed E-state index contributed by atoms with van der Waals surface area (Å²) in [4.78, 5) is 13.3. The molecule has 1 aromatic carbocycles. The van der Waals surface area contributed by atoms with Crippen molar-refractivity contribution < 1.29 is 14.3 Å². The van der Waals surface area contributed by atoms with E-state index in [2.05, 4.69) is 15.9 Å². The van der Waals surface area contributed by atoms with Crippen LogP contribution in [0.4, 0.5) is 4.39 Å². The minimum absolute atomic E-state index is 0.203. The fourth-order valence-electron chi connectivity index (χ4n) is 1.85. The Hall–Kier alpha value is -1.20. The number of rotatable bonds is 2. The summed E-state index contributed by atoms with van der Waals surface area (Å²) in [6.07, 6.45) is 2.95. The first-order valence-corrected chi connectivity index (χ1v) is 6.45. The van der Waals surface area contributed by atoms with Crippen molar-refractivity contribution in [3.05, 3.63) is 40.1 Å². The Morgan fingerprint density at radius 2 is 2.33 bits per heavy atom. The number of carbonyl (C=O) groups is 1. The minimum Gasteiger partial charge on any atom is -0.391 e. The van der Waals surface area contributed by atoms with Gasteiger partial charge in [0.2, 0.25) is 5.91 Å². The zero-order valence-corrected chi connectivity index (χ0v) is 11.2. The molecule has 96 valence electrons. The summed E-state index contributed by atoms with van der Waals surface area (Å²) in [5, 5.41) is 9.33. The van der Waals surface area contributed by atoms with Crippen LogP contribution >= 0.6 is 15.9 Å². The number of amides is 1. The number of aliphatic hydroxyl groups is 1. The second-order valence-electron chi connectivity index (χ2n) is 4.23. The van der Waals surface area contributed by atoms with Gasteiger partial charge in [-0.2, -0.15) is 0 Å². The summed E-state index contributed by atoms with van der Waals surface area (Å²) < 4.78 is 14.2. The Morgan fingerprint density at radius 1 is 1.56 bits per heavy atom. The highest BCUT2D eigenvalue weighted by Gasteiger charge is 2.22. The van der Waals surface area contributed by atoms with E-state index in [4.69, 9.17) is 0 Å². The Balaban J connectivity index is 2.06. The number of nitrogens with zero attached hydrogens (tertiary/aromatic N) is 1. The number of benzene rings is 1. The van der Waals surface area contributed by atoms with E-state index in [1.165, 1.54) is 18.2 Å². The van der Waals surface area contributed by atoms with Crippen molar-refractivity contribution in [2.24, 2.45) is 0 Å². The Labute approximate surface area is 113 Å². The van der Waals surface area contributed by atoms with Crippen LogP contribution in [0.1, 0.15) is 12.0 Å². The van der Waals surface area contributed by atoms with E-state index in [1.54, 1.807) is 17.0 Å². The van der Waals surface area contributed by atoms with Crippen molar-refractivity contribution in [3.8, 4) is 0 Å². The summed E-state index contributed by atoms with van der Waals surface area (Å²) in [7, 11) is 0. The average Bonchev–Trinajstić information content (AvgIpc) is 2.77. The third-order valence-corrected chi connectivity index (χ3v) is 3.33. The van der Waals surface area contributed by atoms with Gasteiger partial charge >= 0.3 is 0 Å². The van der Waals surface area contributed by atoms with Crippen molar-refractivity contribution in [2.75, 3.05) is 13.1 Å². The molecule has 2 rings (SSSR count). The lowest BCUT2D eigenvalue weighted by molar-refractivity contribution is -0.125. The Morgan fingerprint density at radius 3 is 3.00 bits per heavy atom. The van der Waals surface area contributed by atoms with Crippen LogP contribution in [0.3, 0.4) is 0 Å². The van der Waals surface area contributed by atoms with Crippen molar-refractivity contribution >= 4 is 27.9 Å². The van der Waals surface area contributed by atoms with Gasteiger partial charge in [-0.3, -0.25) is 4.79 Å². The van der Waals surface area contributed by atoms with Crippen LogP contribution < -0.4 is 0 Å². The molecular weight excluding hydrogens is 301 g/mol. The van der Waals surface area contributed by atoms with E-state index in [-0.39, 0.29) is 11.7 Å². The van der Waals surface area contributed by atoms with E-state index in [0.717, 1.165) is 4.47 Å². The molecule has 1 amide bonds. The molecular formula is C13H13BrFNO2. The van der Waals surface area contributed by atoms with Crippen LogP contribution in [0.5, 0.6) is 0 Å². The maximum Gasteiger partial charge on any atom is 0.246 e.